The Kier molecular flexibility index (Phi) is 9.98. The van der Waals surface area contributed by atoms with E-state index in [2.05, 4.69) is 13.2 Å². The quantitative estimate of drug-likeness (QED) is 0.250. The van der Waals surface area contributed by atoms with Gasteiger partial charge in [-0.1, -0.05) is 24.8 Å². The Hall–Kier alpha value is -3.21. The van der Waals surface area contributed by atoms with E-state index in [4.69, 9.17) is 14.2 Å². The van der Waals surface area contributed by atoms with Crippen molar-refractivity contribution < 1.29 is 43.3 Å². The van der Waals surface area contributed by atoms with E-state index in [1.54, 1.807) is 45.0 Å². The second kappa shape index (κ2) is 11.8. The van der Waals surface area contributed by atoms with Crippen molar-refractivity contribution >= 4 is 18.0 Å². The van der Waals surface area contributed by atoms with Crippen molar-refractivity contribution in [2.45, 2.75) is 38.8 Å². The van der Waals surface area contributed by atoms with Gasteiger partial charge in [0.05, 0.1) is 7.11 Å². The smallest absolute Gasteiger partial charge is 0.497 e. The summed E-state index contributed by atoms with van der Waals surface area (Å²) in [6.45, 7) is 10.7. The van der Waals surface area contributed by atoms with Gasteiger partial charge in [0.2, 0.25) is 0 Å². The Bertz CT molecular complexity index is 893. The summed E-state index contributed by atoms with van der Waals surface area (Å²) in [5.41, 5.74) is -0.362. The molecule has 0 fully saturated rings. The van der Waals surface area contributed by atoms with E-state index in [9.17, 15) is 24.6 Å². The predicted octanol–water partition coefficient (Wildman–Crippen LogP) is 3.09. The lowest BCUT2D eigenvalue weighted by Crippen LogP contribution is -2.79. The van der Waals surface area contributed by atoms with Crippen LogP contribution in [-0.4, -0.2) is 82.9 Å². The number of amides is 1. The fourth-order valence-electron chi connectivity index (χ4n) is 3.74. The molecule has 0 radical (unpaired) electrons. The van der Waals surface area contributed by atoms with Gasteiger partial charge in [-0.05, 0) is 44.5 Å². The first-order valence-corrected chi connectivity index (χ1v) is 10.5. The van der Waals surface area contributed by atoms with E-state index in [-0.39, 0.29) is 13.1 Å². The molecule has 2 N–H and O–H groups in total. The highest BCUT2D eigenvalue weighted by Crippen LogP contribution is 2.35. The summed E-state index contributed by atoms with van der Waals surface area (Å²) in [7, 11) is 2.63. The summed E-state index contributed by atoms with van der Waals surface area (Å²) in [6.07, 6.45) is 1.63. The maximum absolute atomic E-state index is 13.6. The number of hydrogen-bond donors (Lipinski definition) is 2. The van der Waals surface area contributed by atoms with Crippen LogP contribution in [0.2, 0.25) is 0 Å². The molecule has 2 atom stereocenters. The van der Waals surface area contributed by atoms with Crippen LogP contribution in [0, 0.1) is 0 Å². The fourth-order valence-corrected chi connectivity index (χ4v) is 3.74. The van der Waals surface area contributed by atoms with Gasteiger partial charge < -0.3 is 24.4 Å². The van der Waals surface area contributed by atoms with Gasteiger partial charge in [0.25, 0.3) is 0 Å². The zero-order valence-corrected chi connectivity index (χ0v) is 20.4. The zero-order chi connectivity index (χ0) is 26.2. The molecule has 0 heterocycles. The summed E-state index contributed by atoms with van der Waals surface area (Å²) in [6, 6.07) is 6.86. The van der Waals surface area contributed by atoms with Gasteiger partial charge in [0.15, 0.2) is 6.54 Å². The molecule has 0 aliphatic heterocycles. The number of carboxylic acids is 2. The number of ether oxygens (including phenoxy) is 3. The van der Waals surface area contributed by atoms with E-state index in [0.717, 1.165) is 7.11 Å². The Morgan fingerprint density at radius 2 is 1.65 bits per heavy atom. The van der Waals surface area contributed by atoms with Gasteiger partial charge in [0, 0.05) is 20.2 Å². The van der Waals surface area contributed by atoms with Gasteiger partial charge in [-0.2, -0.15) is 9.28 Å². The Morgan fingerprint density at radius 3 is 2.03 bits per heavy atom. The highest BCUT2D eigenvalue weighted by molar-refractivity contribution is 5.80. The lowest BCUT2D eigenvalue weighted by atomic mass is 10.1. The van der Waals surface area contributed by atoms with Crippen molar-refractivity contribution in [3.8, 4) is 5.75 Å². The van der Waals surface area contributed by atoms with Crippen molar-refractivity contribution in [3.63, 3.8) is 0 Å². The Morgan fingerprint density at radius 1 is 1.06 bits per heavy atom. The Labute approximate surface area is 200 Å². The molecular formula is C24H35N2O8+. The number of rotatable bonds is 13. The number of methoxy groups -OCH3 is 2. The summed E-state index contributed by atoms with van der Waals surface area (Å²) in [4.78, 5) is 39.9. The van der Waals surface area contributed by atoms with Gasteiger partial charge in [-0.15, -0.1) is 6.58 Å². The molecule has 188 valence electrons. The lowest BCUT2D eigenvalue weighted by molar-refractivity contribution is -0.930. The molecule has 0 bridgehead atoms. The van der Waals surface area contributed by atoms with Crippen LogP contribution in [0.25, 0.3) is 0 Å². The molecule has 34 heavy (non-hydrogen) atoms. The van der Waals surface area contributed by atoms with E-state index in [0.29, 0.717) is 11.3 Å². The number of hydrogen-bond acceptors (Lipinski definition) is 7. The van der Waals surface area contributed by atoms with E-state index in [1.165, 1.54) is 24.2 Å². The van der Waals surface area contributed by atoms with Crippen molar-refractivity contribution in [1.82, 2.24) is 4.90 Å². The first-order valence-electron chi connectivity index (χ1n) is 10.5. The minimum atomic E-state index is -2.50. The third-order valence-corrected chi connectivity index (χ3v) is 5.04. The second-order valence-corrected chi connectivity index (χ2v) is 8.61. The summed E-state index contributed by atoms with van der Waals surface area (Å²) in [5, 5.41) is 20.3. The van der Waals surface area contributed by atoms with Crippen LogP contribution in [-0.2, 0) is 25.6 Å². The number of carbonyl (C=O) groups is 3. The minimum Gasteiger partial charge on any atom is -0.497 e. The van der Waals surface area contributed by atoms with Gasteiger partial charge >= 0.3 is 23.9 Å². The van der Waals surface area contributed by atoms with Crippen LogP contribution in [0.3, 0.4) is 0 Å². The highest BCUT2D eigenvalue weighted by Gasteiger charge is 2.68. The van der Waals surface area contributed by atoms with Crippen LogP contribution < -0.4 is 4.74 Å². The summed E-state index contributed by atoms with van der Waals surface area (Å²) in [5.74, 6) is -4.88. The molecule has 1 aromatic rings. The maximum Gasteiger partial charge on any atom is 0.521 e. The maximum atomic E-state index is 13.6. The van der Waals surface area contributed by atoms with Crippen molar-refractivity contribution in [2.75, 3.05) is 33.9 Å². The molecule has 0 aliphatic carbocycles. The molecule has 0 saturated carbocycles. The highest BCUT2D eigenvalue weighted by atomic mass is 16.6. The molecule has 2 unspecified atom stereocenters. The molecule has 0 aliphatic rings. The second-order valence-electron chi connectivity index (χ2n) is 8.61. The van der Waals surface area contributed by atoms with Crippen LogP contribution in [0.1, 0.15) is 26.3 Å². The number of nitrogens with zero attached hydrogens (tertiary/aromatic N) is 2. The first-order chi connectivity index (χ1) is 15.8. The number of carbonyl (C=O) groups excluding carboxylic acids is 1. The third kappa shape index (κ3) is 6.22. The number of carboxylic acid groups (broad SMARTS) is 2. The Balaban J connectivity index is 3.87. The molecular weight excluding hydrogens is 444 g/mol. The van der Waals surface area contributed by atoms with Crippen molar-refractivity contribution in [1.29, 1.82) is 0 Å². The molecule has 1 amide bonds. The topological polar surface area (TPSA) is 123 Å². The first kappa shape index (κ1) is 28.8. The van der Waals surface area contributed by atoms with E-state index < -0.39 is 47.1 Å². The number of aliphatic carboxylic acids is 2. The van der Waals surface area contributed by atoms with Crippen molar-refractivity contribution in [3.05, 3.63) is 55.1 Å². The van der Waals surface area contributed by atoms with Crippen LogP contribution in [0.5, 0.6) is 5.75 Å². The zero-order valence-electron chi connectivity index (χ0n) is 20.4. The van der Waals surface area contributed by atoms with E-state index in [1.807, 2.05) is 0 Å². The molecule has 0 spiro atoms. The minimum absolute atomic E-state index is 0.0181. The molecule has 10 heteroatoms. The average Bonchev–Trinajstić information content (AvgIpc) is 2.73. The number of benzene rings is 1. The van der Waals surface area contributed by atoms with Gasteiger partial charge in [0.1, 0.15) is 17.9 Å². The van der Waals surface area contributed by atoms with Crippen molar-refractivity contribution in [2.24, 2.45) is 0 Å². The van der Waals surface area contributed by atoms with Gasteiger partial charge in [-0.25, -0.2) is 14.5 Å². The van der Waals surface area contributed by atoms with E-state index >= 15 is 0 Å². The molecule has 10 nitrogen and oxygen atoms in total. The normalized spacial score (nSPS) is 15.0. The summed E-state index contributed by atoms with van der Waals surface area (Å²) >= 11 is 0. The van der Waals surface area contributed by atoms with Crippen LogP contribution in [0.15, 0.2) is 49.6 Å². The molecule has 0 saturated heterocycles. The largest absolute Gasteiger partial charge is 0.521 e. The molecule has 1 aromatic carbocycles. The predicted molar refractivity (Wildman–Crippen MR) is 125 cm³/mol. The van der Waals surface area contributed by atoms with Gasteiger partial charge in [-0.3, -0.25) is 0 Å². The standard InChI is InChI=1S/C24H34N2O8/c1-8-14-25(16-18-10-12-19(32-6)13-11-18)24(33-7,21(29)30)26(15-9-2,17-20(27)28)22(31)34-23(3,4)5/h8-13H,1-2,14-17H2,3-7H3,(H-,27,28,29,30)/p+1. The van der Waals surface area contributed by atoms with Crippen LogP contribution in [0.4, 0.5) is 4.79 Å². The third-order valence-electron chi connectivity index (χ3n) is 5.04. The summed E-state index contributed by atoms with van der Waals surface area (Å²) < 4.78 is 15.0. The fraction of sp³-hybridized carbons (Fsp3) is 0.458. The molecule has 0 aromatic heterocycles. The monoisotopic (exact) mass is 479 g/mol. The number of quaternary nitrogens is 1. The SMILES string of the molecule is C=CCN(Cc1ccc(OC)cc1)C(OC)(C(=O)O)[N+](CC=C)(CC(=O)O)C(=O)OC(C)(C)C. The van der Waals surface area contributed by atoms with Crippen LogP contribution >= 0.6 is 0 Å². The average molecular weight is 480 g/mol. The molecule has 1 rings (SSSR count). The lowest BCUT2D eigenvalue weighted by Gasteiger charge is -2.49.